The molecule has 0 aromatic heterocycles. The average Bonchev–Trinajstić information content (AvgIpc) is 2.59. The lowest BCUT2D eigenvalue weighted by atomic mass is 9.82. The molecule has 18 heavy (non-hydrogen) atoms. The van der Waals surface area contributed by atoms with Gasteiger partial charge in [-0.25, -0.2) is 0 Å². The minimum absolute atomic E-state index is 0.294. The van der Waals surface area contributed by atoms with Crippen LogP contribution >= 0.6 is 0 Å². The Hall–Kier alpha value is -0.0800. The number of hydrogen-bond acceptors (Lipinski definition) is 2. The molecule has 0 radical (unpaired) electrons. The Morgan fingerprint density at radius 3 is 2.22 bits per heavy atom. The maximum atomic E-state index is 6.24. The van der Waals surface area contributed by atoms with Crippen molar-refractivity contribution in [2.45, 2.75) is 65.3 Å². The van der Waals surface area contributed by atoms with Crippen LogP contribution in [0.4, 0.5) is 0 Å². The van der Waals surface area contributed by atoms with Crippen LogP contribution in [0.2, 0.25) is 0 Å². The number of hydrogen-bond donors (Lipinski definition) is 1. The number of nitrogens with zero attached hydrogens (tertiary/aromatic N) is 1. The number of piperidine rings is 1. The van der Waals surface area contributed by atoms with Crippen molar-refractivity contribution in [2.24, 2.45) is 23.0 Å². The summed E-state index contributed by atoms with van der Waals surface area (Å²) in [5, 5.41) is 0. The monoisotopic (exact) mass is 252 g/mol. The second-order valence-electron chi connectivity index (χ2n) is 7.59. The van der Waals surface area contributed by atoms with Crippen LogP contribution in [0.15, 0.2) is 0 Å². The zero-order valence-electron chi connectivity index (χ0n) is 12.8. The van der Waals surface area contributed by atoms with Crippen molar-refractivity contribution in [3.8, 4) is 0 Å². The Labute approximate surface area is 113 Å². The standard InChI is InChI=1S/C16H32N2/c1-5-14-6-8-18(9-7-14)16(12-17)11-15(3,4)10-13(16)2/h13-14H,5-12,17H2,1-4H3. The predicted molar refractivity (Wildman–Crippen MR) is 78.6 cm³/mol. The van der Waals surface area contributed by atoms with Crippen LogP contribution < -0.4 is 5.73 Å². The van der Waals surface area contributed by atoms with Gasteiger partial charge in [-0.3, -0.25) is 4.90 Å². The Balaban J connectivity index is 2.09. The lowest BCUT2D eigenvalue weighted by Crippen LogP contribution is -2.58. The van der Waals surface area contributed by atoms with Gasteiger partial charge in [0.2, 0.25) is 0 Å². The molecule has 2 unspecified atom stereocenters. The molecule has 0 aromatic rings. The summed E-state index contributed by atoms with van der Waals surface area (Å²) >= 11 is 0. The van der Waals surface area contributed by atoms with Crippen LogP contribution in [-0.4, -0.2) is 30.1 Å². The highest BCUT2D eigenvalue weighted by atomic mass is 15.2. The van der Waals surface area contributed by atoms with E-state index < -0.39 is 0 Å². The van der Waals surface area contributed by atoms with Crippen molar-refractivity contribution in [3.05, 3.63) is 0 Å². The molecule has 0 bridgehead atoms. The summed E-state index contributed by atoms with van der Waals surface area (Å²) in [5.41, 5.74) is 7.00. The molecule has 2 heteroatoms. The summed E-state index contributed by atoms with van der Waals surface area (Å²) in [6.45, 7) is 13.0. The number of rotatable bonds is 3. The first-order valence-electron chi connectivity index (χ1n) is 7.88. The van der Waals surface area contributed by atoms with Crippen LogP contribution in [-0.2, 0) is 0 Å². The van der Waals surface area contributed by atoms with Crippen LogP contribution in [0.5, 0.6) is 0 Å². The van der Waals surface area contributed by atoms with Crippen molar-refractivity contribution in [1.82, 2.24) is 4.90 Å². The molecule has 1 heterocycles. The topological polar surface area (TPSA) is 29.3 Å². The summed E-state index contributed by atoms with van der Waals surface area (Å²) in [5.74, 6) is 1.71. The van der Waals surface area contributed by atoms with Crippen LogP contribution in [0.25, 0.3) is 0 Å². The van der Waals surface area contributed by atoms with E-state index in [2.05, 4.69) is 32.6 Å². The molecule has 1 saturated heterocycles. The van der Waals surface area contributed by atoms with E-state index >= 15 is 0 Å². The van der Waals surface area contributed by atoms with Gasteiger partial charge in [-0.05, 0) is 56.0 Å². The second kappa shape index (κ2) is 5.13. The molecule has 1 aliphatic heterocycles. The highest BCUT2D eigenvalue weighted by Gasteiger charge is 2.51. The molecule has 2 rings (SSSR count). The molecule has 0 aromatic carbocycles. The first-order chi connectivity index (χ1) is 8.43. The van der Waals surface area contributed by atoms with Gasteiger partial charge in [-0.2, -0.15) is 0 Å². The normalized spacial score (nSPS) is 38.2. The molecule has 2 atom stereocenters. The van der Waals surface area contributed by atoms with Crippen LogP contribution in [0, 0.1) is 17.3 Å². The third-order valence-electron chi connectivity index (χ3n) is 5.74. The largest absolute Gasteiger partial charge is 0.329 e. The molecule has 1 saturated carbocycles. The van der Waals surface area contributed by atoms with Gasteiger partial charge in [0.1, 0.15) is 0 Å². The van der Waals surface area contributed by atoms with Gasteiger partial charge in [0.05, 0.1) is 0 Å². The molecule has 2 aliphatic rings. The predicted octanol–water partition coefficient (Wildman–Crippen LogP) is 3.26. The Morgan fingerprint density at radius 2 is 1.83 bits per heavy atom. The van der Waals surface area contributed by atoms with Gasteiger partial charge in [-0.1, -0.05) is 34.1 Å². The molecule has 1 aliphatic carbocycles. The second-order valence-corrected chi connectivity index (χ2v) is 7.59. The lowest BCUT2D eigenvalue weighted by molar-refractivity contribution is 0.0268. The fourth-order valence-electron chi connectivity index (χ4n) is 4.71. The lowest BCUT2D eigenvalue weighted by Gasteiger charge is -2.47. The maximum absolute atomic E-state index is 6.24. The molecule has 106 valence electrons. The van der Waals surface area contributed by atoms with Gasteiger partial charge in [-0.15, -0.1) is 0 Å². The molecule has 0 spiro atoms. The minimum atomic E-state index is 0.294. The van der Waals surface area contributed by atoms with Crippen LogP contribution in [0.3, 0.4) is 0 Å². The average molecular weight is 252 g/mol. The van der Waals surface area contributed by atoms with E-state index in [-0.39, 0.29) is 0 Å². The van der Waals surface area contributed by atoms with E-state index in [1.54, 1.807) is 0 Å². The number of nitrogens with two attached hydrogens (primary N) is 1. The fourth-order valence-corrected chi connectivity index (χ4v) is 4.71. The van der Waals surface area contributed by atoms with E-state index in [0.29, 0.717) is 11.0 Å². The van der Waals surface area contributed by atoms with E-state index in [4.69, 9.17) is 5.73 Å². The molecular formula is C16H32N2. The van der Waals surface area contributed by atoms with Crippen molar-refractivity contribution < 1.29 is 0 Å². The third-order valence-corrected chi connectivity index (χ3v) is 5.74. The highest BCUT2D eigenvalue weighted by molar-refractivity contribution is 5.06. The molecule has 0 amide bonds. The van der Waals surface area contributed by atoms with Gasteiger partial charge in [0.15, 0.2) is 0 Å². The maximum Gasteiger partial charge on any atom is 0.0362 e. The Kier molecular flexibility index (Phi) is 4.08. The molecule has 2 nitrogen and oxygen atoms in total. The van der Waals surface area contributed by atoms with Gasteiger partial charge < -0.3 is 5.73 Å². The van der Waals surface area contributed by atoms with Crippen molar-refractivity contribution in [2.75, 3.05) is 19.6 Å². The summed E-state index contributed by atoms with van der Waals surface area (Å²) in [4.78, 5) is 2.75. The van der Waals surface area contributed by atoms with E-state index in [1.807, 2.05) is 0 Å². The summed E-state index contributed by atoms with van der Waals surface area (Å²) < 4.78 is 0. The van der Waals surface area contributed by atoms with E-state index in [1.165, 1.54) is 45.2 Å². The summed E-state index contributed by atoms with van der Waals surface area (Å²) in [6, 6.07) is 0. The highest BCUT2D eigenvalue weighted by Crippen LogP contribution is 2.50. The zero-order chi connectivity index (χ0) is 13.4. The molecule has 2 N–H and O–H groups in total. The fraction of sp³-hybridized carbons (Fsp3) is 1.00. The molecular weight excluding hydrogens is 220 g/mol. The van der Waals surface area contributed by atoms with E-state index in [0.717, 1.165) is 18.4 Å². The summed E-state index contributed by atoms with van der Waals surface area (Å²) in [7, 11) is 0. The van der Waals surface area contributed by atoms with Crippen molar-refractivity contribution >= 4 is 0 Å². The van der Waals surface area contributed by atoms with Crippen molar-refractivity contribution in [3.63, 3.8) is 0 Å². The Morgan fingerprint density at radius 1 is 1.22 bits per heavy atom. The van der Waals surface area contributed by atoms with Gasteiger partial charge in [0, 0.05) is 12.1 Å². The smallest absolute Gasteiger partial charge is 0.0362 e. The van der Waals surface area contributed by atoms with Gasteiger partial charge >= 0.3 is 0 Å². The molecule has 2 fully saturated rings. The quantitative estimate of drug-likeness (QED) is 0.835. The third kappa shape index (κ3) is 2.46. The van der Waals surface area contributed by atoms with Gasteiger partial charge in [0.25, 0.3) is 0 Å². The first-order valence-corrected chi connectivity index (χ1v) is 7.88. The minimum Gasteiger partial charge on any atom is -0.329 e. The van der Waals surface area contributed by atoms with Crippen LogP contribution in [0.1, 0.15) is 59.8 Å². The van der Waals surface area contributed by atoms with Crippen molar-refractivity contribution in [1.29, 1.82) is 0 Å². The first kappa shape index (κ1) is 14.3. The number of likely N-dealkylation sites (tertiary alicyclic amines) is 1. The van der Waals surface area contributed by atoms with E-state index in [9.17, 15) is 0 Å². The summed E-state index contributed by atoms with van der Waals surface area (Å²) in [6.07, 6.45) is 6.73. The SMILES string of the molecule is CCC1CCN(C2(CN)CC(C)(C)CC2C)CC1. The zero-order valence-corrected chi connectivity index (χ0v) is 12.8. The Bertz CT molecular complexity index is 279.